The summed E-state index contributed by atoms with van der Waals surface area (Å²) >= 11 is 6.12. The molecule has 0 saturated carbocycles. The Morgan fingerprint density at radius 1 is 1.09 bits per heavy atom. The molecule has 2 heterocycles. The van der Waals surface area contributed by atoms with Crippen molar-refractivity contribution in [1.29, 1.82) is 0 Å². The highest BCUT2D eigenvalue weighted by Gasteiger charge is 2.37. The second-order valence-corrected chi connectivity index (χ2v) is 9.50. The number of halogens is 1. The molecule has 5 nitrogen and oxygen atoms in total. The first-order chi connectivity index (χ1) is 15.5. The van der Waals surface area contributed by atoms with Gasteiger partial charge in [-0.15, -0.1) is 0 Å². The summed E-state index contributed by atoms with van der Waals surface area (Å²) in [5.41, 5.74) is 1.96. The number of hydrogen-bond acceptors (Lipinski definition) is 5. The van der Waals surface area contributed by atoms with Gasteiger partial charge in [0.1, 0.15) is 12.4 Å². The molecular weight excluding hydrogens is 424 g/mol. The SMILES string of the molecule is CC(Cc1ccc(OCCN2CCCCC2)cc1)N1CCOC(O)(c2cccc(Cl)c2)C1. The Labute approximate surface area is 196 Å². The average molecular weight is 459 g/mol. The van der Waals surface area contributed by atoms with Gasteiger partial charge in [0, 0.05) is 29.7 Å². The summed E-state index contributed by atoms with van der Waals surface area (Å²) in [6.45, 7) is 8.05. The lowest BCUT2D eigenvalue weighted by atomic mass is 10.0. The summed E-state index contributed by atoms with van der Waals surface area (Å²) in [6.07, 6.45) is 4.89. The molecule has 32 heavy (non-hydrogen) atoms. The maximum Gasteiger partial charge on any atom is 0.205 e. The van der Waals surface area contributed by atoms with Gasteiger partial charge in [0.05, 0.1) is 13.2 Å². The van der Waals surface area contributed by atoms with Gasteiger partial charge < -0.3 is 14.6 Å². The summed E-state index contributed by atoms with van der Waals surface area (Å²) in [7, 11) is 0. The molecule has 6 heteroatoms. The molecule has 174 valence electrons. The third-order valence-corrected chi connectivity index (χ3v) is 6.85. The van der Waals surface area contributed by atoms with Crippen LogP contribution in [0.5, 0.6) is 5.75 Å². The molecular formula is C26H35ClN2O3. The number of rotatable bonds is 8. The Morgan fingerprint density at radius 3 is 2.62 bits per heavy atom. The van der Waals surface area contributed by atoms with Gasteiger partial charge in [0.2, 0.25) is 5.79 Å². The van der Waals surface area contributed by atoms with Gasteiger partial charge in [-0.05, 0) is 69.1 Å². The molecule has 0 amide bonds. The summed E-state index contributed by atoms with van der Waals surface area (Å²) in [5.74, 6) is -0.399. The Balaban J connectivity index is 1.28. The summed E-state index contributed by atoms with van der Waals surface area (Å²) in [4.78, 5) is 4.78. The first kappa shape index (κ1) is 23.5. The number of piperidine rings is 1. The highest BCUT2D eigenvalue weighted by Crippen LogP contribution is 2.30. The van der Waals surface area contributed by atoms with E-state index in [0.717, 1.165) is 31.9 Å². The van der Waals surface area contributed by atoms with E-state index < -0.39 is 5.79 Å². The predicted octanol–water partition coefficient (Wildman–Crippen LogP) is 4.31. The van der Waals surface area contributed by atoms with Crippen LogP contribution in [0.3, 0.4) is 0 Å². The Bertz CT molecular complexity index is 856. The van der Waals surface area contributed by atoms with Crippen molar-refractivity contribution in [3.8, 4) is 5.75 Å². The molecule has 2 aliphatic rings. The van der Waals surface area contributed by atoms with E-state index in [4.69, 9.17) is 21.1 Å². The molecule has 4 rings (SSSR count). The topological polar surface area (TPSA) is 45.2 Å². The fourth-order valence-electron chi connectivity index (χ4n) is 4.68. The standard InChI is InChI=1S/C26H35ClN2O3/c1-21(29-15-17-32-26(30,20-29)23-6-5-7-24(27)19-23)18-22-8-10-25(11-9-22)31-16-14-28-12-3-2-4-13-28/h5-11,19,21,30H,2-4,12-18,20H2,1H3. The van der Waals surface area contributed by atoms with E-state index in [1.54, 1.807) is 12.1 Å². The quantitative estimate of drug-likeness (QED) is 0.638. The summed E-state index contributed by atoms with van der Waals surface area (Å²) in [5, 5.41) is 11.7. The second-order valence-electron chi connectivity index (χ2n) is 9.06. The third kappa shape index (κ3) is 6.24. The van der Waals surface area contributed by atoms with Crippen LogP contribution >= 0.6 is 11.6 Å². The van der Waals surface area contributed by atoms with Crippen LogP contribution in [0.25, 0.3) is 0 Å². The lowest BCUT2D eigenvalue weighted by Crippen LogP contribution is -2.53. The van der Waals surface area contributed by atoms with Gasteiger partial charge in [0.15, 0.2) is 0 Å². The first-order valence-electron chi connectivity index (χ1n) is 11.8. The van der Waals surface area contributed by atoms with E-state index in [0.29, 0.717) is 23.7 Å². The van der Waals surface area contributed by atoms with Crippen LogP contribution < -0.4 is 4.74 Å². The number of morpholine rings is 1. The molecule has 1 N–H and O–H groups in total. The van der Waals surface area contributed by atoms with Gasteiger partial charge in [-0.25, -0.2) is 0 Å². The first-order valence-corrected chi connectivity index (χ1v) is 12.2. The minimum absolute atomic E-state index is 0.274. The normalized spacial score (nSPS) is 23.7. The number of aliphatic hydroxyl groups is 1. The minimum Gasteiger partial charge on any atom is -0.492 e. The fraction of sp³-hybridized carbons (Fsp3) is 0.538. The van der Waals surface area contributed by atoms with Gasteiger partial charge in [-0.3, -0.25) is 9.80 Å². The third-order valence-electron chi connectivity index (χ3n) is 6.62. The Hall–Kier alpha value is -1.63. The molecule has 2 unspecified atom stereocenters. The zero-order chi connectivity index (χ0) is 22.4. The monoisotopic (exact) mass is 458 g/mol. The van der Waals surface area contributed by atoms with Crippen molar-refractivity contribution in [2.45, 2.75) is 44.4 Å². The predicted molar refractivity (Wildman–Crippen MR) is 128 cm³/mol. The van der Waals surface area contributed by atoms with E-state index in [-0.39, 0.29) is 6.04 Å². The van der Waals surface area contributed by atoms with Crippen molar-refractivity contribution in [3.63, 3.8) is 0 Å². The largest absolute Gasteiger partial charge is 0.492 e. The maximum atomic E-state index is 11.1. The molecule has 2 aromatic rings. The van der Waals surface area contributed by atoms with E-state index >= 15 is 0 Å². The maximum absolute atomic E-state index is 11.1. The lowest BCUT2D eigenvalue weighted by molar-refractivity contribution is -0.251. The zero-order valence-corrected chi connectivity index (χ0v) is 19.8. The molecule has 2 aromatic carbocycles. The van der Waals surface area contributed by atoms with E-state index in [1.165, 1.54) is 37.9 Å². The van der Waals surface area contributed by atoms with Crippen molar-refractivity contribution < 1.29 is 14.6 Å². The smallest absolute Gasteiger partial charge is 0.205 e. The number of likely N-dealkylation sites (tertiary alicyclic amines) is 1. The molecule has 2 atom stereocenters. The van der Waals surface area contributed by atoms with Crippen molar-refractivity contribution in [2.24, 2.45) is 0 Å². The highest BCUT2D eigenvalue weighted by atomic mass is 35.5. The van der Waals surface area contributed by atoms with Crippen molar-refractivity contribution >= 4 is 11.6 Å². The van der Waals surface area contributed by atoms with E-state index in [9.17, 15) is 5.11 Å². The minimum atomic E-state index is -1.33. The molecule has 0 spiro atoms. The van der Waals surface area contributed by atoms with Crippen LogP contribution in [0.1, 0.15) is 37.3 Å². The van der Waals surface area contributed by atoms with Crippen LogP contribution in [-0.2, 0) is 16.9 Å². The summed E-state index contributed by atoms with van der Waals surface area (Å²) < 4.78 is 11.7. The van der Waals surface area contributed by atoms with Gasteiger partial charge in [0.25, 0.3) is 0 Å². The van der Waals surface area contributed by atoms with Gasteiger partial charge >= 0.3 is 0 Å². The molecule has 0 aromatic heterocycles. The van der Waals surface area contributed by atoms with Crippen LogP contribution in [0, 0.1) is 0 Å². The van der Waals surface area contributed by atoms with Gasteiger partial charge in [-0.2, -0.15) is 0 Å². The zero-order valence-electron chi connectivity index (χ0n) is 19.0. The Morgan fingerprint density at radius 2 is 1.88 bits per heavy atom. The summed E-state index contributed by atoms with van der Waals surface area (Å²) in [6, 6.07) is 16.0. The number of benzene rings is 2. The fourth-order valence-corrected chi connectivity index (χ4v) is 4.87. The van der Waals surface area contributed by atoms with Crippen LogP contribution in [0.2, 0.25) is 5.02 Å². The molecule has 2 aliphatic heterocycles. The van der Waals surface area contributed by atoms with Crippen molar-refractivity contribution in [2.75, 3.05) is 45.9 Å². The van der Waals surface area contributed by atoms with E-state index in [2.05, 4.69) is 41.0 Å². The lowest BCUT2D eigenvalue weighted by Gasteiger charge is -2.42. The van der Waals surface area contributed by atoms with Crippen molar-refractivity contribution in [3.05, 3.63) is 64.7 Å². The number of ether oxygens (including phenoxy) is 2. The van der Waals surface area contributed by atoms with Crippen LogP contribution in [0.4, 0.5) is 0 Å². The molecule has 0 bridgehead atoms. The van der Waals surface area contributed by atoms with E-state index in [1.807, 2.05) is 12.1 Å². The highest BCUT2D eigenvalue weighted by molar-refractivity contribution is 6.30. The molecule has 0 radical (unpaired) electrons. The number of nitrogens with zero attached hydrogens (tertiary/aromatic N) is 2. The van der Waals surface area contributed by atoms with Crippen molar-refractivity contribution in [1.82, 2.24) is 9.80 Å². The molecule has 0 aliphatic carbocycles. The van der Waals surface area contributed by atoms with Crippen LogP contribution in [-0.4, -0.2) is 66.9 Å². The number of β-amino-alcohol motifs (C(OH)–C–C–N with tert-alkyl or cyclic N) is 1. The van der Waals surface area contributed by atoms with Gasteiger partial charge in [-0.1, -0.05) is 42.3 Å². The number of hydrogen-bond donors (Lipinski definition) is 1. The van der Waals surface area contributed by atoms with Crippen LogP contribution in [0.15, 0.2) is 48.5 Å². The average Bonchev–Trinajstić information content (AvgIpc) is 2.81. The molecule has 2 fully saturated rings. The Kier molecular flexibility index (Phi) is 8.08. The second kappa shape index (κ2) is 11.0. The molecule has 2 saturated heterocycles.